The van der Waals surface area contributed by atoms with Crippen LogP contribution in [0.15, 0.2) is 34.9 Å². The largest absolute Gasteiger partial charge is 0.756 e. The summed E-state index contributed by atoms with van der Waals surface area (Å²) >= 11 is -0.00420. The van der Waals surface area contributed by atoms with Gasteiger partial charge in [-0.3, -0.25) is 37.8 Å². The predicted octanol–water partition coefficient (Wildman–Crippen LogP) is -3.72. The number of aryl methyl sites for hydroxylation is 1. The third-order valence-corrected chi connectivity index (χ3v) is 19.7. The Bertz CT molecular complexity index is 3510. The van der Waals surface area contributed by atoms with Crippen molar-refractivity contribution in [3.05, 3.63) is 46.0 Å². The Kier molecular flexibility index (Phi) is 16.1. The SMILES string of the molecule is COC[C@H]1[C@@H](O)[C@H](n2c[n+](C)c3c(=O)[nH]c(N)nc32)O[C@@H]1CSP(=O)(O)OP(=O)(O)OP(=O)(O)OC[C@H]1O[C@@H](n2cnc3c(N)ncnc32)[C@H](OC)[C@@H]1OP(=O)([O-])OC[C@H]1O[C@@H](n2cnc3c(=O)[nH]c(N)nc32)[C@H](O)[C@@H]1O. The number of fused-ring (bicyclic) bond motifs is 3. The number of nitrogens with one attached hydrogen (secondary N) is 2. The topological polar surface area (TPSA) is 545 Å². The first-order chi connectivity index (χ1) is 36.2. The lowest BCUT2D eigenvalue weighted by Gasteiger charge is -2.31. The molecule has 0 amide bonds. The van der Waals surface area contributed by atoms with Crippen LogP contribution in [0.25, 0.3) is 33.5 Å². The lowest BCUT2D eigenvalue weighted by molar-refractivity contribution is -0.646. The molecule has 0 radical (unpaired) electrons. The zero-order chi connectivity index (χ0) is 55.7. The highest BCUT2D eigenvalue weighted by atomic mass is 32.7. The van der Waals surface area contributed by atoms with Gasteiger partial charge in [0.15, 0.2) is 35.1 Å². The van der Waals surface area contributed by atoms with Gasteiger partial charge >= 0.3 is 28.0 Å². The van der Waals surface area contributed by atoms with Gasteiger partial charge in [-0.25, -0.2) is 38.2 Å². The van der Waals surface area contributed by atoms with Crippen LogP contribution in [0.4, 0.5) is 17.7 Å². The summed E-state index contributed by atoms with van der Waals surface area (Å²) in [6, 6.07) is 0. The van der Waals surface area contributed by atoms with Crippen molar-refractivity contribution in [2.45, 2.75) is 67.5 Å². The van der Waals surface area contributed by atoms with Crippen molar-refractivity contribution in [2.24, 2.45) is 13.0 Å². The molecule has 3 saturated heterocycles. The molecule has 9 heterocycles. The number of methoxy groups -OCH3 is 2. The van der Waals surface area contributed by atoms with Crippen molar-refractivity contribution in [3.63, 3.8) is 0 Å². The highest BCUT2D eigenvalue weighted by molar-refractivity contribution is 8.55. The highest BCUT2D eigenvalue weighted by Crippen LogP contribution is 2.71. The van der Waals surface area contributed by atoms with Gasteiger partial charge in [0, 0.05) is 25.9 Å². The number of aliphatic hydroxyl groups excluding tert-OH is 3. The number of hydrogen-bond donors (Lipinski definition) is 11. The molecule has 43 heteroatoms. The van der Waals surface area contributed by atoms with E-state index in [-0.39, 0.29) is 69.2 Å². The fourth-order valence-corrected chi connectivity index (χ4v) is 15.7. The summed E-state index contributed by atoms with van der Waals surface area (Å²) in [5, 5.41) is 33.0. The van der Waals surface area contributed by atoms with Crippen molar-refractivity contribution in [1.29, 1.82) is 0 Å². The van der Waals surface area contributed by atoms with E-state index in [1.165, 1.54) is 34.2 Å². The van der Waals surface area contributed by atoms with Gasteiger partial charge in [0.25, 0.3) is 24.5 Å². The Morgan fingerprint density at radius 2 is 1.35 bits per heavy atom. The summed E-state index contributed by atoms with van der Waals surface area (Å²) in [5.41, 5.74) is 15.8. The molecule has 38 nitrogen and oxygen atoms in total. The van der Waals surface area contributed by atoms with Gasteiger partial charge in [-0.05, 0) is 11.4 Å². The number of H-pyrrole nitrogens is 2. The second-order valence-corrected chi connectivity index (χ2v) is 25.6. The molecule has 3 aliphatic heterocycles. The molecule has 0 aromatic carbocycles. The van der Waals surface area contributed by atoms with Crippen LogP contribution in [0.1, 0.15) is 18.7 Å². The van der Waals surface area contributed by atoms with Gasteiger partial charge < -0.3 is 84.8 Å². The van der Waals surface area contributed by atoms with Crippen LogP contribution in [0, 0.1) is 5.92 Å². The van der Waals surface area contributed by atoms with E-state index in [0.717, 1.165) is 30.7 Å². The number of phosphoric ester groups is 2. The van der Waals surface area contributed by atoms with E-state index in [4.69, 9.17) is 54.5 Å². The average molecular weight is 1190 g/mol. The molecule has 77 heavy (non-hydrogen) atoms. The molecule has 4 unspecified atom stereocenters. The minimum absolute atomic E-state index is 0.00420. The number of hydrogen-bond acceptors (Lipinski definition) is 30. The predicted molar refractivity (Wildman–Crippen MR) is 253 cm³/mol. The Morgan fingerprint density at radius 1 is 0.727 bits per heavy atom. The first-order valence-corrected chi connectivity index (χ1v) is 29.6. The van der Waals surface area contributed by atoms with E-state index in [9.17, 15) is 62.7 Å². The molecule has 3 fully saturated rings. The monoisotopic (exact) mass is 1190 g/mol. The van der Waals surface area contributed by atoms with Crippen molar-refractivity contribution >= 4 is 92.9 Å². The van der Waals surface area contributed by atoms with Gasteiger partial charge in [-0.15, -0.1) is 0 Å². The zero-order valence-corrected chi connectivity index (χ0v) is 44.0. The lowest BCUT2D eigenvalue weighted by Crippen LogP contribution is -2.39. The van der Waals surface area contributed by atoms with Crippen LogP contribution in [0.3, 0.4) is 0 Å². The van der Waals surface area contributed by atoms with Crippen molar-refractivity contribution in [1.82, 2.24) is 53.6 Å². The van der Waals surface area contributed by atoms with E-state index in [1.54, 1.807) is 0 Å². The molecule has 0 saturated carbocycles. The van der Waals surface area contributed by atoms with Gasteiger partial charge in [-0.2, -0.15) is 23.2 Å². The second-order valence-electron chi connectivity index (χ2n) is 17.1. The normalized spacial score (nSPS) is 30.0. The molecule has 0 aliphatic carbocycles. The number of aliphatic hydroxyl groups is 3. The zero-order valence-electron chi connectivity index (χ0n) is 39.6. The summed E-state index contributed by atoms with van der Waals surface area (Å²) in [5.74, 6) is -2.14. The molecule has 6 aromatic heterocycles. The van der Waals surface area contributed by atoms with Crippen LogP contribution in [-0.2, 0) is 71.2 Å². The van der Waals surface area contributed by atoms with Crippen LogP contribution in [0.5, 0.6) is 0 Å². The van der Waals surface area contributed by atoms with Crippen molar-refractivity contribution in [3.8, 4) is 0 Å². The maximum absolute atomic E-state index is 13.6. The number of aromatic nitrogens is 12. The summed E-state index contributed by atoms with van der Waals surface area (Å²) < 4.78 is 111. The molecule has 16 atom stereocenters. The molecule has 9 rings (SSSR count). The summed E-state index contributed by atoms with van der Waals surface area (Å²) in [7, 11) is -13.8. The van der Waals surface area contributed by atoms with Gasteiger partial charge in [-0.1, -0.05) is 0 Å². The molecule has 14 N–H and O–H groups in total. The standard InChI is InChI=1S/C34H47N15O23P4S/c1-46-11-49(27-18(46)29(54)45-34(37)43-27)30-19(50)12(4-63-2)15(69-30)7-77-76(61,62)72-75(59,60)71-74(57,58)66-6-14-22(23(64-3)32(68-14)47-9-40-16-24(35)38-8-39-25(16)47)70-73(55,56)65-5-13-20(51)21(52)31(67-13)48-10-41-17-26(48)42-33(36)44-28(17)53/h8-15,19-23,30-32,50-52H,4-7H2,1-3H3,(H11-,35,36,37,38,39,42,43,44,45,53,54,55,56,57,58,59,60,61,62)/t12-,13-,14-,15-,19-,20-,21-,22-,23-,30-,31-,32-/m1/s1. The summed E-state index contributed by atoms with van der Waals surface area (Å²) in [4.78, 5) is 99.2. The first-order valence-electron chi connectivity index (χ1n) is 22.0. The fourth-order valence-electron chi connectivity index (χ4n) is 8.77. The number of nitrogens with two attached hydrogens (primary N) is 3. The Morgan fingerprint density at radius 3 is 2.05 bits per heavy atom. The second kappa shape index (κ2) is 21.7. The molecule has 0 bridgehead atoms. The quantitative estimate of drug-likeness (QED) is 0.0244. The summed E-state index contributed by atoms with van der Waals surface area (Å²) in [6.07, 6.45) is -12.8. The number of phosphoric acid groups is 3. The van der Waals surface area contributed by atoms with Crippen LogP contribution in [-0.4, -0.2) is 172 Å². The van der Waals surface area contributed by atoms with Gasteiger partial charge in [0.2, 0.25) is 24.5 Å². The van der Waals surface area contributed by atoms with Crippen LogP contribution < -0.4 is 37.8 Å². The number of imidazole rings is 3. The number of aromatic amines is 2. The number of anilines is 3. The van der Waals surface area contributed by atoms with E-state index in [0.29, 0.717) is 0 Å². The van der Waals surface area contributed by atoms with E-state index < -0.39 is 134 Å². The molecular formula is C34H47N15O23P4S. The number of ether oxygens (including phenoxy) is 5. The summed E-state index contributed by atoms with van der Waals surface area (Å²) in [6.45, 7) is -7.85. The molecule has 6 aromatic rings. The maximum Gasteiger partial charge on any atom is 0.488 e. The fraction of sp³-hybridized carbons (Fsp3) is 0.559. The van der Waals surface area contributed by atoms with E-state index in [1.807, 2.05) is 0 Å². The molecule has 422 valence electrons. The number of nitrogen functional groups attached to an aromatic ring is 3. The number of rotatable bonds is 21. The minimum Gasteiger partial charge on any atom is -0.756 e. The van der Waals surface area contributed by atoms with Crippen LogP contribution >= 0.6 is 41.6 Å². The smallest absolute Gasteiger partial charge is 0.488 e. The maximum atomic E-state index is 13.6. The van der Waals surface area contributed by atoms with Gasteiger partial charge in [0.1, 0.15) is 54.6 Å². The Hall–Kier alpha value is -4.76. The average Bonchev–Trinajstić information content (AvgIpc) is 4.21. The third kappa shape index (κ3) is 11.6. The first kappa shape index (κ1) is 56.9. The van der Waals surface area contributed by atoms with Crippen molar-refractivity contribution < 1.29 is 104 Å². The molecule has 0 spiro atoms. The van der Waals surface area contributed by atoms with E-state index >= 15 is 0 Å². The Labute approximate surface area is 432 Å². The number of nitrogens with zero attached hydrogens (tertiary/aromatic N) is 10. The van der Waals surface area contributed by atoms with E-state index in [2.05, 4.69) is 48.5 Å². The minimum atomic E-state index is -6.08. The highest BCUT2D eigenvalue weighted by Gasteiger charge is 2.53. The van der Waals surface area contributed by atoms with Crippen LogP contribution in [0.2, 0.25) is 0 Å². The molecular weight excluding hydrogens is 1140 g/mol. The lowest BCUT2D eigenvalue weighted by atomic mass is 10.00. The molecule has 3 aliphatic rings. The Balaban J connectivity index is 0.869. The van der Waals surface area contributed by atoms with Gasteiger partial charge in [0.05, 0.1) is 45.6 Å². The third-order valence-electron chi connectivity index (χ3n) is 12.1. The van der Waals surface area contributed by atoms with Crippen molar-refractivity contribution in [2.75, 3.05) is 57.0 Å².